The number of nitro groups is 1. The van der Waals surface area contributed by atoms with E-state index in [2.05, 4.69) is 11.4 Å². The zero-order chi connectivity index (χ0) is 20.6. The normalized spacial score (nSPS) is 14.2. The molecule has 0 spiro atoms. The number of piperazine rings is 1. The van der Waals surface area contributed by atoms with Crippen LogP contribution in [-0.4, -0.2) is 54.2 Å². The first kappa shape index (κ1) is 20.6. The maximum atomic E-state index is 12.5. The van der Waals surface area contributed by atoms with Crippen LogP contribution in [0.15, 0.2) is 53.4 Å². The molecule has 0 atom stereocenters. The second kappa shape index (κ2) is 9.91. The predicted molar refractivity (Wildman–Crippen MR) is 113 cm³/mol. The monoisotopic (exact) mass is 411 g/mol. The van der Waals surface area contributed by atoms with Gasteiger partial charge >= 0.3 is 0 Å². The molecule has 1 amide bonds. The van der Waals surface area contributed by atoms with Gasteiger partial charge in [0.25, 0.3) is 5.69 Å². The third kappa shape index (κ3) is 5.47. The number of nitriles is 1. The number of hydrogen-bond acceptors (Lipinski definition) is 7. The molecule has 1 saturated heterocycles. The Morgan fingerprint density at radius 2 is 1.83 bits per heavy atom. The van der Waals surface area contributed by atoms with E-state index in [0.29, 0.717) is 43.3 Å². The summed E-state index contributed by atoms with van der Waals surface area (Å²) in [6.45, 7) is 2.77. The second-order valence-electron chi connectivity index (χ2n) is 6.50. The Morgan fingerprint density at radius 3 is 2.55 bits per heavy atom. The lowest BCUT2D eigenvalue weighted by atomic mass is 10.2. The Morgan fingerprint density at radius 1 is 1.14 bits per heavy atom. The van der Waals surface area contributed by atoms with Crippen molar-refractivity contribution in [2.45, 2.75) is 4.90 Å². The number of thioether (sulfide) groups is 1. The van der Waals surface area contributed by atoms with Crippen molar-refractivity contribution in [1.29, 1.82) is 5.26 Å². The van der Waals surface area contributed by atoms with Gasteiger partial charge in [-0.15, -0.1) is 11.8 Å². The molecular weight excluding hydrogens is 390 g/mol. The van der Waals surface area contributed by atoms with Crippen LogP contribution in [0.3, 0.4) is 0 Å². The minimum absolute atomic E-state index is 0.102. The number of benzene rings is 2. The summed E-state index contributed by atoms with van der Waals surface area (Å²) < 4.78 is 0. The van der Waals surface area contributed by atoms with Gasteiger partial charge < -0.3 is 10.2 Å². The molecule has 150 valence electrons. The topological polar surface area (TPSA) is 103 Å². The van der Waals surface area contributed by atoms with Gasteiger partial charge in [0.15, 0.2) is 0 Å². The number of carbonyl (C=O) groups excluding carboxylic acids is 1. The third-order valence-electron chi connectivity index (χ3n) is 4.61. The highest BCUT2D eigenvalue weighted by atomic mass is 32.2. The van der Waals surface area contributed by atoms with Crippen LogP contribution in [0.4, 0.5) is 17.1 Å². The number of amides is 1. The summed E-state index contributed by atoms with van der Waals surface area (Å²) in [4.78, 5) is 28.2. The number of rotatable bonds is 7. The molecule has 1 aliphatic heterocycles. The van der Waals surface area contributed by atoms with E-state index < -0.39 is 0 Å². The molecule has 0 saturated carbocycles. The van der Waals surface area contributed by atoms with E-state index in [-0.39, 0.29) is 23.1 Å². The minimum Gasteiger partial charge on any atom is -0.363 e. The van der Waals surface area contributed by atoms with E-state index in [0.717, 1.165) is 4.90 Å². The zero-order valence-electron chi connectivity index (χ0n) is 15.8. The van der Waals surface area contributed by atoms with Gasteiger partial charge in [0, 0.05) is 37.1 Å². The van der Waals surface area contributed by atoms with Crippen molar-refractivity contribution >= 4 is 34.7 Å². The molecule has 9 heteroatoms. The molecule has 3 rings (SSSR count). The summed E-state index contributed by atoms with van der Waals surface area (Å²) in [7, 11) is 0. The summed E-state index contributed by atoms with van der Waals surface area (Å²) >= 11 is 1.39. The molecule has 1 fully saturated rings. The molecular formula is C20H21N5O3S. The van der Waals surface area contributed by atoms with Crippen LogP contribution in [0.25, 0.3) is 0 Å². The van der Waals surface area contributed by atoms with E-state index in [4.69, 9.17) is 5.26 Å². The zero-order valence-corrected chi connectivity index (χ0v) is 16.6. The van der Waals surface area contributed by atoms with Crippen LogP contribution in [0.2, 0.25) is 0 Å². The van der Waals surface area contributed by atoms with Gasteiger partial charge in [-0.3, -0.25) is 19.8 Å². The highest BCUT2D eigenvalue weighted by Gasteiger charge is 2.24. The Hall–Kier alpha value is -3.09. The van der Waals surface area contributed by atoms with Crippen molar-refractivity contribution in [3.8, 4) is 6.07 Å². The summed E-state index contributed by atoms with van der Waals surface area (Å²) in [5.41, 5.74) is 1.42. The molecule has 0 aliphatic carbocycles. The minimum atomic E-state index is -0.364. The van der Waals surface area contributed by atoms with Crippen molar-refractivity contribution < 1.29 is 9.72 Å². The van der Waals surface area contributed by atoms with Gasteiger partial charge in [-0.2, -0.15) is 5.26 Å². The summed E-state index contributed by atoms with van der Waals surface area (Å²) in [5.74, 6) is 0.203. The summed E-state index contributed by atoms with van der Waals surface area (Å²) in [6, 6.07) is 16.2. The molecule has 1 aliphatic rings. The standard InChI is InChI=1S/C20H21N5O3S/c21-9-14-29-19-8-4-1-5-16(19)22-20(26)15-23-10-12-24(13-11-23)17-6-2-3-7-18(17)25(27)28/h1-8H,10-15H2,(H,22,26). The van der Waals surface area contributed by atoms with Gasteiger partial charge in [-0.1, -0.05) is 24.3 Å². The number of nitrogens with one attached hydrogen (secondary N) is 1. The van der Waals surface area contributed by atoms with E-state index >= 15 is 0 Å². The Labute approximate surface area is 173 Å². The van der Waals surface area contributed by atoms with Gasteiger partial charge in [0.1, 0.15) is 5.69 Å². The number of para-hydroxylation sites is 3. The molecule has 2 aromatic rings. The highest BCUT2D eigenvalue weighted by molar-refractivity contribution is 7.99. The molecule has 2 aromatic carbocycles. The number of nitro benzene ring substituents is 1. The van der Waals surface area contributed by atoms with Crippen LogP contribution in [0.1, 0.15) is 0 Å². The average molecular weight is 411 g/mol. The Kier molecular flexibility index (Phi) is 7.05. The van der Waals surface area contributed by atoms with Crippen LogP contribution < -0.4 is 10.2 Å². The number of anilines is 2. The Balaban J connectivity index is 1.55. The van der Waals surface area contributed by atoms with Gasteiger partial charge in [0.05, 0.1) is 29.0 Å². The van der Waals surface area contributed by atoms with Crippen molar-refractivity contribution in [2.24, 2.45) is 0 Å². The summed E-state index contributed by atoms with van der Waals surface area (Å²) in [6.07, 6.45) is 0. The Bertz CT molecular complexity index is 922. The quantitative estimate of drug-likeness (QED) is 0.424. The van der Waals surface area contributed by atoms with Gasteiger partial charge in [0.2, 0.25) is 5.91 Å². The number of carbonyl (C=O) groups is 1. The van der Waals surface area contributed by atoms with Crippen molar-refractivity contribution in [3.05, 3.63) is 58.6 Å². The number of hydrogen-bond donors (Lipinski definition) is 1. The number of nitrogens with zero attached hydrogens (tertiary/aromatic N) is 4. The fourth-order valence-electron chi connectivity index (χ4n) is 3.23. The SMILES string of the molecule is N#CCSc1ccccc1NC(=O)CN1CCN(c2ccccc2[N+](=O)[O-])CC1. The first-order valence-electron chi connectivity index (χ1n) is 9.18. The highest BCUT2D eigenvalue weighted by Crippen LogP contribution is 2.29. The maximum Gasteiger partial charge on any atom is 0.292 e. The maximum absolute atomic E-state index is 12.5. The van der Waals surface area contributed by atoms with E-state index in [9.17, 15) is 14.9 Å². The molecule has 0 bridgehead atoms. The van der Waals surface area contributed by atoms with Crippen LogP contribution >= 0.6 is 11.8 Å². The predicted octanol–water partition coefficient (Wildman–Crippen LogP) is 2.97. The lowest BCUT2D eigenvalue weighted by Gasteiger charge is -2.35. The molecule has 0 unspecified atom stereocenters. The smallest absolute Gasteiger partial charge is 0.292 e. The average Bonchev–Trinajstić information content (AvgIpc) is 2.73. The molecule has 1 N–H and O–H groups in total. The van der Waals surface area contributed by atoms with Crippen molar-refractivity contribution in [1.82, 2.24) is 4.90 Å². The van der Waals surface area contributed by atoms with E-state index in [1.54, 1.807) is 18.2 Å². The molecule has 8 nitrogen and oxygen atoms in total. The van der Waals surface area contributed by atoms with Crippen molar-refractivity contribution in [2.75, 3.05) is 48.7 Å². The lowest BCUT2D eigenvalue weighted by Crippen LogP contribution is -2.48. The summed E-state index contributed by atoms with van der Waals surface area (Å²) in [5, 5.41) is 22.9. The van der Waals surface area contributed by atoms with Crippen LogP contribution in [-0.2, 0) is 4.79 Å². The molecule has 1 heterocycles. The van der Waals surface area contributed by atoms with E-state index in [1.807, 2.05) is 34.1 Å². The van der Waals surface area contributed by atoms with Gasteiger partial charge in [-0.05, 0) is 18.2 Å². The fraction of sp³-hybridized carbons (Fsp3) is 0.300. The lowest BCUT2D eigenvalue weighted by molar-refractivity contribution is -0.384. The van der Waals surface area contributed by atoms with Crippen molar-refractivity contribution in [3.63, 3.8) is 0 Å². The fourth-order valence-corrected chi connectivity index (χ4v) is 3.90. The third-order valence-corrected chi connectivity index (χ3v) is 5.55. The first-order valence-corrected chi connectivity index (χ1v) is 10.2. The molecule has 0 radical (unpaired) electrons. The molecule has 29 heavy (non-hydrogen) atoms. The van der Waals surface area contributed by atoms with E-state index in [1.165, 1.54) is 17.8 Å². The molecule has 0 aromatic heterocycles. The van der Waals surface area contributed by atoms with Crippen LogP contribution in [0, 0.1) is 21.4 Å². The first-order chi connectivity index (χ1) is 14.1. The largest absolute Gasteiger partial charge is 0.363 e. The second-order valence-corrected chi connectivity index (χ2v) is 7.52. The van der Waals surface area contributed by atoms with Crippen LogP contribution in [0.5, 0.6) is 0 Å². The van der Waals surface area contributed by atoms with Gasteiger partial charge in [-0.25, -0.2) is 0 Å².